The largest absolute Gasteiger partial charge is 0.462 e. The van der Waals surface area contributed by atoms with E-state index in [2.05, 4.69) is 130 Å². The molecule has 0 saturated heterocycles. The molecule has 0 aromatic heterocycles. The van der Waals surface area contributed by atoms with Crippen LogP contribution in [-0.2, 0) is 28.6 Å². The van der Waals surface area contributed by atoms with Gasteiger partial charge in [0, 0.05) is 19.3 Å². The van der Waals surface area contributed by atoms with Crippen molar-refractivity contribution < 1.29 is 28.6 Å². The van der Waals surface area contributed by atoms with Gasteiger partial charge in [-0.3, -0.25) is 14.4 Å². The number of rotatable bonds is 46. The van der Waals surface area contributed by atoms with Crippen LogP contribution in [0.25, 0.3) is 0 Å². The summed E-state index contributed by atoms with van der Waals surface area (Å²) in [6, 6.07) is 0. The molecular formula is C59H96O6. The maximum absolute atomic E-state index is 12.8. The number of unbranched alkanes of at least 4 members (excludes halogenated alkanes) is 17. The lowest BCUT2D eigenvalue weighted by Gasteiger charge is -2.18. The third-order valence-electron chi connectivity index (χ3n) is 10.7. The van der Waals surface area contributed by atoms with Crippen molar-refractivity contribution in [2.75, 3.05) is 13.2 Å². The van der Waals surface area contributed by atoms with Crippen LogP contribution in [-0.4, -0.2) is 37.2 Å². The number of carbonyl (C=O) groups is 3. The van der Waals surface area contributed by atoms with Gasteiger partial charge in [0.25, 0.3) is 0 Å². The Kier molecular flexibility index (Phi) is 49.5. The summed E-state index contributed by atoms with van der Waals surface area (Å²) in [7, 11) is 0. The fraction of sp³-hybridized carbons (Fsp3) is 0.644. The lowest BCUT2D eigenvalue weighted by atomic mass is 10.1. The zero-order chi connectivity index (χ0) is 47.2. The van der Waals surface area contributed by atoms with Crippen LogP contribution in [0.5, 0.6) is 0 Å². The Hall–Kier alpha value is -3.93. The zero-order valence-electron chi connectivity index (χ0n) is 42.0. The topological polar surface area (TPSA) is 78.9 Å². The molecule has 0 spiro atoms. The molecular weight excluding hydrogens is 805 g/mol. The van der Waals surface area contributed by atoms with E-state index in [-0.39, 0.29) is 37.5 Å². The summed E-state index contributed by atoms with van der Waals surface area (Å²) in [6.07, 6.45) is 70.8. The van der Waals surface area contributed by atoms with Crippen molar-refractivity contribution >= 4 is 17.9 Å². The van der Waals surface area contributed by atoms with E-state index in [9.17, 15) is 14.4 Å². The number of carbonyl (C=O) groups excluding carboxylic acids is 3. The summed E-state index contributed by atoms with van der Waals surface area (Å²) in [5, 5.41) is 0. The maximum atomic E-state index is 12.8. The minimum atomic E-state index is -0.815. The van der Waals surface area contributed by atoms with Crippen molar-refractivity contribution in [3.05, 3.63) is 109 Å². The summed E-state index contributed by atoms with van der Waals surface area (Å²) in [5.41, 5.74) is 0. The third-order valence-corrected chi connectivity index (χ3v) is 10.7. The summed E-state index contributed by atoms with van der Waals surface area (Å²) in [6.45, 7) is 6.33. The van der Waals surface area contributed by atoms with Gasteiger partial charge in [-0.1, -0.05) is 201 Å². The molecule has 0 aromatic rings. The number of hydrogen-bond donors (Lipinski definition) is 0. The van der Waals surface area contributed by atoms with Crippen LogP contribution in [0.2, 0.25) is 0 Å². The van der Waals surface area contributed by atoms with Crippen LogP contribution in [0.15, 0.2) is 109 Å². The van der Waals surface area contributed by atoms with Crippen LogP contribution < -0.4 is 0 Å². The van der Waals surface area contributed by atoms with E-state index >= 15 is 0 Å². The number of ether oxygens (including phenoxy) is 3. The average Bonchev–Trinajstić information content (AvgIpc) is 3.30. The molecule has 6 nitrogen and oxygen atoms in total. The molecule has 0 aliphatic carbocycles. The van der Waals surface area contributed by atoms with Crippen molar-refractivity contribution in [3.8, 4) is 0 Å². The van der Waals surface area contributed by atoms with Crippen molar-refractivity contribution in [2.24, 2.45) is 0 Å². The van der Waals surface area contributed by atoms with Gasteiger partial charge >= 0.3 is 17.9 Å². The number of esters is 3. The van der Waals surface area contributed by atoms with E-state index in [1.807, 2.05) is 0 Å². The van der Waals surface area contributed by atoms with Gasteiger partial charge in [-0.25, -0.2) is 0 Å². The fourth-order valence-corrected chi connectivity index (χ4v) is 6.84. The van der Waals surface area contributed by atoms with Crippen LogP contribution >= 0.6 is 0 Å². The molecule has 0 fully saturated rings. The molecule has 0 aliphatic heterocycles. The first kappa shape index (κ1) is 61.1. The predicted molar refractivity (Wildman–Crippen MR) is 279 cm³/mol. The number of hydrogen-bond acceptors (Lipinski definition) is 6. The molecule has 0 rings (SSSR count). The molecule has 0 amide bonds. The van der Waals surface area contributed by atoms with Crippen molar-refractivity contribution in [1.82, 2.24) is 0 Å². The van der Waals surface area contributed by atoms with Crippen LogP contribution in [0.4, 0.5) is 0 Å². The molecule has 1 atom stereocenters. The Labute approximate surface area is 400 Å². The van der Waals surface area contributed by atoms with Gasteiger partial charge in [0.1, 0.15) is 13.2 Å². The summed E-state index contributed by atoms with van der Waals surface area (Å²) >= 11 is 0. The average molecular weight is 901 g/mol. The molecule has 6 heteroatoms. The highest BCUT2D eigenvalue weighted by Crippen LogP contribution is 2.13. The Morgan fingerprint density at radius 2 is 0.615 bits per heavy atom. The van der Waals surface area contributed by atoms with E-state index in [0.717, 1.165) is 122 Å². The van der Waals surface area contributed by atoms with Gasteiger partial charge in [-0.05, 0) is 116 Å². The lowest BCUT2D eigenvalue weighted by Crippen LogP contribution is -2.30. The lowest BCUT2D eigenvalue weighted by molar-refractivity contribution is -0.167. The molecule has 1 unspecified atom stereocenters. The zero-order valence-corrected chi connectivity index (χ0v) is 42.0. The first-order chi connectivity index (χ1) is 32.0. The minimum Gasteiger partial charge on any atom is -0.462 e. The molecule has 0 saturated carbocycles. The maximum Gasteiger partial charge on any atom is 0.306 e. The second-order valence-corrected chi connectivity index (χ2v) is 17.0. The standard InChI is InChI=1S/C59H96O6/c1-4-7-10-13-16-19-22-25-28-30-32-34-37-40-43-46-49-52-58(61)64-55-56(54-63-57(60)51-48-45-42-39-36-33-27-24-21-18-15-12-9-6-3)65-59(62)53-50-47-44-41-38-35-31-29-26-23-20-17-14-11-8-5-2/h7-8,10-11,16-17,19-20,25-26,28-29,32-34,36,40,43,56H,4-6,9,12-15,18,21-24,27,30-31,35,37-39,41-42,44-55H2,1-3H3/b10-7-,11-8-,19-16-,20-17-,28-25-,29-26-,34-32-,36-33-,43-40-. The van der Waals surface area contributed by atoms with E-state index in [1.54, 1.807) is 0 Å². The van der Waals surface area contributed by atoms with Crippen molar-refractivity contribution in [3.63, 3.8) is 0 Å². The molecule has 0 N–H and O–H groups in total. The number of allylic oxidation sites excluding steroid dienone is 18. The molecule has 0 aliphatic rings. The van der Waals surface area contributed by atoms with Crippen LogP contribution in [0, 0.1) is 0 Å². The van der Waals surface area contributed by atoms with Gasteiger partial charge in [-0.2, -0.15) is 0 Å². The Balaban J connectivity index is 4.53. The monoisotopic (exact) mass is 901 g/mol. The van der Waals surface area contributed by atoms with Crippen LogP contribution in [0.3, 0.4) is 0 Å². The van der Waals surface area contributed by atoms with Gasteiger partial charge in [-0.15, -0.1) is 0 Å². The summed E-state index contributed by atoms with van der Waals surface area (Å²) in [5.74, 6) is -1.00. The highest BCUT2D eigenvalue weighted by molar-refractivity contribution is 5.71. The van der Waals surface area contributed by atoms with Gasteiger partial charge in [0.05, 0.1) is 0 Å². The quantitative estimate of drug-likeness (QED) is 0.0262. The Bertz CT molecular complexity index is 1360. The van der Waals surface area contributed by atoms with Gasteiger partial charge < -0.3 is 14.2 Å². The second-order valence-electron chi connectivity index (χ2n) is 17.0. The van der Waals surface area contributed by atoms with E-state index in [4.69, 9.17) is 14.2 Å². The molecule has 0 aromatic carbocycles. The first-order valence-electron chi connectivity index (χ1n) is 26.4. The highest BCUT2D eigenvalue weighted by atomic mass is 16.6. The highest BCUT2D eigenvalue weighted by Gasteiger charge is 2.19. The molecule has 0 bridgehead atoms. The van der Waals surface area contributed by atoms with Crippen LogP contribution in [0.1, 0.15) is 226 Å². The van der Waals surface area contributed by atoms with Gasteiger partial charge in [0.2, 0.25) is 0 Å². The molecule has 368 valence electrons. The van der Waals surface area contributed by atoms with Crippen molar-refractivity contribution in [1.29, 1.82) is 0 Å². The van der Waals surface area contributed by atoms with E-state index in [0.29, 0.717) is 19.3 Å². The summed E-state index contributed by atoms with van der Waals surface area (Å²) in [4.78, 5) is 38.0. The molecule has 0 radical (unpaired) electrons. The molecule has 65 heavy (non-hydrogen) atoms. The first-order valence-corrected chi connectivity index (χ1v) is 26.4. The van der Waals surface area contributed by atoms with Gasteiger partial charge in [0.15, 0.2) is 6.10 Å². The van der Waals surface area contributed by atoms with E-state index in [1.165, 1.54) is 57.8 Å². The normalized spacial score (nSPS) is 13.0. The van der Waals surface area contributed by atoms with Crippen molar-refractivity contribution in [2.45, 2.75) is 232 Å². The SMILES string of the molecule is CC/C=C\C/C=C\C/C=C\C/C=C\C/C=C\CCCC(=O)OCC(COC(=O)CCCCC/C=C\CCCCCCCCC)OC(=O)CCCCCCCC/C=C\C/C=C\C/C=C\CC. The fourth-order valence-electron chi connectivity index (χ4n) is 6.84. The minimum absolute atomic E-state index is 0.111. The Morgan fingerprint density at radius 3 is 1.03 bits per heavy atom. The molecule has 0 heterocycles. The Morgan fingerprint density at radius 1 is 0.323 bits per heavy atom. The third kappa shape index (κ3) is 50.9. The summed E-state index contributed by atoms with van der Waals surface area (Å²) < 4.78 is 16.7. The second kappa shape index (κ2) is 52.7. The predicted octanol–water partition coefficient (Wildman–Crippen LogP) is 17.5. The smallest absolute Gasteiger partial charge is 0.306 e. The van der Waals surface area contributed by atoms with E-state index < -0.39 is 6.10 Å².